The van der Waals surface area contributed by atoms with Crippen LogP contribution >= 0.6 is 0 Å². The molecule has 1 unspecified atom stereocenters. The standard InChI is InChI=1S/C33H46N2O6/c1-7-20-40-26-14-11-24(12-15-26)31(36)29-30(35(33(38)32(29)37)19-18-34(8-2)9-3)25-13-16-27(28(22-25)39-10-4)41-21-17-23(5)6/h11-16,22-23,30,36H,7-10,17-21H2,1-6H3. The lowest BCUT2D eigenvalue weighted by molar-refractivity contribution is -0.140. The first-order valence-electron chi connectivity index (χ1n) is 14.9. The van der Waals surface area contributed by atoms with E-state index in [4.69, 9.17) is 14.2 Å². The first-order valence-corrected chi connectivity index (χ1v) is 14.9. The van der Waals surface area contributed by atoms with Gasteiger partial charge in [0.1, 0.15) is 11.5 Å². The van der Waals surface area contributed by atoms with E-state index in [2.05, 4.69) is 32.6 Å². The highest BCUT2D eigenvalue weighted by Crippen LogP contribution is 2.42. The van der Waals surface area contributed by atoms with Crippen LogP contribution in [0.1, 0.15) is 71.6 Å². The van der Waals surface area contributed by atoms with E-state index < -0.39 is 17.7 Å². The highest BCUT2D eigenvalue weighted by molar-refractivity contribution is 6.46. The van der Waals surface area contributed by atoms with Gasteiger partial charge in [-0.25, -0.2) is 0 Å². The lowest BCUT2D eigenvalue weighted by Gasteiger charge is -2.28. The number of ether oxygens (including phenoxy) is 3. The molecule has 0 spiro atoms. The number of rotatable bonds is 16. The molecule has 1 heterocycles. The summed E-state index contributed by atoms with van der Waals surface area (Å²) in [6, 6.07) is 11.7. The molecule has 8 nitrogen and oxygen atoms in total. The van der Waals surface area contributed by atoms with Crippen LogP contribution in [-0.4, -0.2) is 72.6 Å². The first kappa shape index (κ1) is 32.0. The average Bonchev–Trinajstić information content (AvgIpc) is 3.22. The van der Waals surface area contributed by atoms with Crippen molar-refractivity contribution in [3.05, 3.63) is 59.2 Å². The van der Waals surface area contributed by atoms with E-state index in [0.29, 0.717) is 67.2 Å². The number of hydrogen-bond acceptors (Lipinski definition) is 7. The van der Waals surface area contributed by atoms with E-state index in [-0.39, 0.29) is 11.3 Å². The maximum absolute atomic E-state index is 13.5. The van der Waals surface area contributed by atoms with Crippen molar-refractivity contribution >= 4 is 17.4 Å². The van der Waals surface area contributed by atoms with Gasteiger partial charge in [0.2, 0.25) is 0 Å². The number of benzene rings is 2. The molecule has 41 heavy (non-hydrogen) atoms. The van der Waals surface area contributed by atoms with E-state index in [1.54, 1.807) is 29.2 Å². The molecule has 0 aromatic heterocycles. The van der Waals surface area contributed by atoms with Gasteiger partial charge in [-0.15, -0.1) is 0 Å². The highest BCUT2D eigenvalue weighted by atomic mass is 16.5. The number of likely N-dealkylation sites (N-methyl/N-ethyl adjacent to an activating group) is 1. The second kappa shape index (κ2) is 15.5. The Morgan fingerprint density at radius 2 is 1.63 bits per heavy atom. The Kier molecular flexibility index (Phi) is 12.1. The number of nitrogens with zero attached hydrogens (tertiary/aromatic N) is 2. The van der Waals surface area contributed by atoms with Gasteiger partial charge in [-0.1, -0.05) is 40.7 Å². The van der Waals surface area contributed by atoms with Gasteiger partial charge >= 0.3 is 0 Å². The molecule has 2 aromatic carbocycles. The molecule has 1 saturated heterocycles. The molecule has 1 aliphatic rings. The van der Waals surface area contributed by atoms with Crippen LogP contribution in [0.5, 0.6) is 17.2 Å². The third-order valence-electron chi connectivity index (χ3n) is 7.23. The van der Waals surface area contributed by atoms with Crippen LogP contribution in [0.15, 0.2) is 48.0 Å². The summed E-state index contributed by atoms with van der Waals surface area (Å²) < 4.78 is 17.6. The van der Waals surface area contributed by atoms with Crippen LogP contribution in [-0.2, 0) is 9.59 Å². The zero-order valence-electron chi connectivity index (χ0n) is 25.4. The fourth-order valence-electron chi connectivity index (χ4n) is 4.82. The SMILES string of the molecule is CCCOc1ccc(C(O)=C2C(=O)C(=O)N(CCN(CC)CC)C2c2ccc(OCCC(C)C)c(OCC)c2)cc1. The Morgan fingerprint density at radius 3 is 2.24 bits per heavy atom. The number of amides is 1. The lowest BCUT2D eigenvalue weighted by atomic mass is 9.95. The number of carbonyl (C=O) groups is 2. The molecule has 0 saturated carbocycles. The Bertz CT molecular complexity index is 1190. The summed E-state index contributed by atoms with van der Waals surface area (Å²) in [6.45, 7) is 16.5. The van der Waals surface area contributed by atoms with Crippen molar-refractivity contribution < 1.29 is 28.9 Å². The van der Waals surface area contributed by atoms with E-state index in [0.717, 1.165) is 25.9 Å². The third-order valence-corrected chi connectivity index (χ3v) is 7.23. The maximum Gasteiger partial charge on any atom is 0.295 e. The van der Waals surface area contributed by atoms with E-state index >= 15 is 0 Å². The van der Waals surface area contributed by atoms with Crippen LogP contribution < -0.4 is 14.2 Å². The highest BCUT2D eigenvalue weighted by Gasteiger charge is 2.46. The van der Waals surface area contributed by atoms with Crippen LogP contribution in [0.2, 0.25) is 0 Å². The summed E-state index contributed by atoms with van der Waals surface area (Å²) in [4.78, 5) is 30.7. The minimum atomic E-state index is -0.773. The summed E-state index contributed by atoms with van der Waals surface area (Å²) in [5.41, 5.74) is 1.18. The fraction of sp³-hybridized carbons (Fsp3) is 0.515. The van der Waals surface area contributed by atoms with Crippen molar-refractivity contribution in [1.29, 1.82) is 0 Å². The number of hydrogen-bond donors (Lipinski definition) is 1. The third kappa shape index (κ3) is 8.03. The number of ketones is 1. The van der Waals surface area contributed by atoms with Crippen molar-refractivity contribution in [2.45, 2.75) is 60.4 Å². The Morgan fingerprint density at radius 1 is 0.927 bits per heavy atom. The van der Waals surface area contributed by atoms with Gasteiger partial charge in [0.25, 0.3) is 11.7 Å². The van der Waals surface area contributed by atoms with Crippen molar-refractivity contribution in [3.8, 4) is 17.2 Å². The Balaban J connectivity index is 2.07. The minimum absolute atomic E-state index is 0.0627. The van der Waals surface area contributed by atoms with E-state index in [9.17, 15) is 14.7 Å². The fourth-order valence-corrected chi connectivity index (χ4v) is 4.82. The Hall–Kier alpha value is -3.52. The van der Waals surface area contributed by atoms with Gasteiger partial charge < -0.3 is 29.1 Å². The van der Waals surface area contributed by atoms with Crippen LogP contribution in [0.4, 0.5) is 0 Å². The van der Waals surface area contributed by atoms with E-state index in [1.165, 1.54) is 0 Å². The number of Topliss-reactive ketones (excluding diaryl/α,β-unsaturated/α-hetero) is 1. The van der Waals surface area contributed by atoms with Crippen molar-refractivity contribution in [3.63, 3.8) is 0 Å². The minimum Gasteiger partial charge on any atom is -0.507 e. The van der Waals surface area contributed by atoms with Crippen LogP contribution in [0.3, 0.4) is 0 Å². The van der Waals surface area contributed by atoms with Gasteiger partial charge in [-0.3, -0.25) is 9.59 Å². The second-order valence-corrected chi connectivity index (χ2v) is 10.6. The monoisotopic (exact) mass is 566 g/mol. The molecular weight excluding hydrogens is 520 g/mol. The normalized spacial score (nSPS) is 16.6. The van der Waals surface area contributed by atoms with Gasteiger partial charge in [0, 0.05) is 18.7 Å². The number of carbonyl (C=O) groups excluding carboxylic acids is 2. The molecule has 1 atom stereocenters. The summed E-state index contributed by atoms with van der Waals surface area (Å²) >= 11 is 0. The zero-order chi connectivity index (χ0) is 29.9. The molecule has 2 aromatic rings. The molecule has 0 bridgehead atoms. The summed E-state index contributed by atoms with van der Waals surface area (Å²) in [5, 5.41) is 11.5. The number of likely N-dealkylation sites (tertiary alicyclic amines) is 1. The van der Waals surface area contributed by atoms with Gasteiger partial charge in [0.15, 0.2) is 11.5 Å². The number of aliphatic hydroxyl groups is 1. The van der Waals surface area contributed by atoms with Crippen LogP contribution in [0, 0.1) is 5.92 Å². The van der Waals surface area contributed by atoms with E-state index in [1.807, 2.05) is 32.0 Å². The maximum atomic E-state index is 13.5. The molecule has 1 amide bonds. The summed E-state index contributed by atoms with van der Waals surface area (Å²) in [5.74, 6) is 0.794. The van der Waals surface area contributed by atoms with Gasteiger partial charge in [-0.05, 0) is 80.7 Å². The van der Waals surface area contributed by atoms with Crippen LogP contribution in [0.25, 0.3) is 5.76 Å². The molecule has 224 valence electrons. The van der Waals surface area contributed by atoms with Crippen molar-refractivity contribution in [1.82, 2.24) is 9.80 Å². The number of aliphatic hydroxyl groups excluding tert-OH is 1. The zero-order valence-corrected chi connectivity index (χ0v) is 25.4. The predicted molar refractivity (Wildman–Crippen MR) is 162 cm³/mol. The molecule has 8 heteroatoms. The quantitative estimate of drug-likeness (QED) is 0.150. The molecule has 1 fully saturated rings. The topological polar surface area (TPSA) is 88.5 Å². The van der Waals surface area contributed by atoms with Crippen molar-refractivity contribution in [2.75, 3.05) is 46.0 Å². The largest absolute Gasteiger partial charge is 0.507 e. The van der Waals surface area contributed by atoms with Gasteiger partial charge in [-0.2, -0.15) is 0 Å². The van der Waals surface area contributed by atoms with Crippen molar-refractivity contribution in [2.24, 2.45) is 5.92 Å². The summed E-state index contributed by atoms with van der Waals surface area (Å²) in [7, 11) is 0. The molecule has 1 aliphatic heterocycles. The predicted octanol–water partition coefficient (Wildman–Crippen LogP) is 6.06. The molecular formula is C33H46N2O6. The molecule has 0 aliphatic carbocycles. The second-order valence-electron chi connectivity index (χ2n) is 10.6. The Labute approximate surface area is 244 Å². The lowest BCUT2D eigenvalue weighted by Crippen LogP contribution is -2.38. The smallest absolute Gasteiger partial charge is 0.295 e. The molecule has 1 N–H and O–H groups in total. The summed E-state index contributed by atoms with van der Waals surface area (Å²) in [6.07, 6.45) is 1.78. The first-order chi connectivity index (χ1) is 19.7. The molecule has 0 radical (unpaired) electrons. The molecule has 3 rings (SSSR count). The average molecular weight is 567 g/mol. The van der Waals surface area contributed by atoms with Gasteiger partial charge in [0.05, 0.1) is 31.4 Å².